The van der Waals surface area contributed by atoms with E-state index in [-0.39, 0.29) is 5.91 Å². The highest BCUT2D eigenvalue weighted by Gasteiger charge is 2.34. The number of amides is 1. The first kappa shape index (κ1) is 13.1. The number of hydrogen-bond acceptors (Lipinski definition) is 3. The maximum atomic E-state index is 12.2. The molecule has 2 rings (SSSR count). The first-order chi connectivity index (χ1) is 8.52. The Morgan fingerprint density at radius 2 is 2.11 bits per heavy atom. The maximum absolute atomic E-state index is 12.2. The number of aliphatic hydroxyl groups is 1. The summed E-state index contributed by atoms with van der Waals surface area (Å²) in [6, 6.07) is 7.41. The molecule has 1 saturated heterocycles. The SMILES string of the molecule is COCc1ccc(C(=O)N2CCC(C)(O)C2)cc1. The summed E-state index contributed by atoms with van der Waals surface area (Å²) in [7, 11) is 1.64. The van der Waals surface area contributed by atoms with Gasteiger partial charge in [0, 0.05) is 25.8 Å². The van der Waals surface area contributed by atoms with Gasteiger partial charge in [-0.05, 0) is 31.0 Å². The Bertz CT molecular complexity index is 425. The number of hydrogen-bond donors (Lipinski definition) is 1. The molecule has 1 aromatic carbocycles. The zero-order valence-corrected chi connectivity index (χ0v) is 10.8. The molecular formula is C14H19NO3. The predicted octanol–water partition coefficient (Wildman–Crippen LogP) is 1.43. The largest absolute Gasteiger partial charge is 0.388 e. The Morgan fingerprint density at radius 1 is 1.44 bits per heavy atom. The lowest BCUT2D eigenvalue weighted by Gasteiger charge is -2.19. The predicted molar refractivity (Wildman–Crippen MR) is 68.3 cm³/mol. The van der Waals surface area contributed by atoms with E-state index in [4.69, 9.17) is 4.74 Å². The Morgan fingerprint density at radius 3 is 2.61 bits per heavy atom. The zero-order valence-electron chi connectivity index (χ0n) is 10.8. The quantitative estimate of drug-likeness (QED) is 0.881. The molecule has 98 valence electrons. The number of carbonyl (C=O) groups excluding carboxylic acids is 1. The van der Waals surface area contributed by atoms with Crippen LogP contribution in [0.15, 0.2) is 24.3 Å². The Hall–Kier alpha value is -1.39. The Balaban J connectivity index is 2.05. The van der Waals surface area contributed by atoms with Crippen LogP contribution >= 0.6 is 0 Å². The van der Waals surface area contributed by atoms with E-state index in [1.54, 1.807) is 18.9 Å². The topological polar surface area (TPSA) is 49.8 Å². The number of β-amino-alcohol motifs (C(OH)–C–C–N with tert-alkyl or cyclic N) is 1. The van der Waals surface area contributed by atoms with Crippen molar-refractivity contribution in [3.8, 4) is 0 Å². The van der Waals surface area contributed by atoms with Crippen LogP contribution in [0.3, 0.4) is 0 Å². The summed E-state index contributed by atoms with van der Waals surface area (Å²) in [4.78, 5) is 13.9. The standard InChI is InChI=1S/C14H19NO3/c1-14(17)7-8-15(10-14)13(16)12-5-3-11(4-6-12)9-18-2/h3-6,17H,7-10H2,1-2H3. The molecule has 0 saturated carbocycles. The van der Waals surface area contributed by atoms with Crippen molar-refractivity contribution in [3.05, 3.63) is 35.4 Å². The lowest BCUT2D eigenvalue weighted by Crippen LogP contribution is -2.33. The molecule has 1 fully saturated rings. The van der Waals surface area contributed by atoms with Crippen molar-refractivity contribution in [2.24, 2.45) is 0 Å². The van der Waals surface area contributed by atoms with Gasteiger partial charge < -0.3 is 14.7 Å². The van der Waals surface area contributed by atoms with Crippen LogP contribution in [0, 0.1) is 0 Å². The molecule has 1 aliphatic rings. The smallest absolute Gasteiger partial charge is 0.253 e. The second-order valence-corrected chi connectivity index (χ2v) is 5.10. The highest BCUT2D eigenvalue weighted by Crippen LogP contribution is 2.22. The van der Waals surface area contributed by atoms with Gasteiger partial charge in [-0.2, -0.15) is 0 Å². The number of rotatable bonds is 3. The molecule has 1 N–H and O–H groups in total. The zero-order chi connectivity index (χ0) is 13.2. The summed E-state index contributed by atoms with van der Waals surface area (Å²) in [6.07, 6.45) is 0.639. The molecule has 1 heterocycles. The summed E-state index contributed by atoms with van der Waals surface area (Å²) < 4.78 is 5.03. The van der Waals surface area contributed by atoms with Gasteiger partial charge >= 0.3 is 0 Å². The van der Waals surface area contributed by atoms with Gasteiger partial charge in [0.05, 0.1) is 12.2 Å². The first-order valence-electron chi connectivity index (χ1n) is 6.11. The Labute approximate surface area is 107 Å². The Kier molecular flexibility index (Phi) is 3.68. The van der Waals surface area contributed by atoms with Crippen molar-refractivity contribution in [2.45, 2.75) is 25.6 Å². The van der Waals surface area contributed by atoms with Crippen LogP contribution in [0.25, 0.3) is 0 Å². The van der Waals surface area contributed by atoms with Crippen LogP contribution < -0.4 is 0 Å². The van der Waals surface area contributed by atoms with Crippen molar-refractivity contribution in [1.82, 2.24) is 4.90 Å². The van der Waals surface area contributed by atoms with Crippen LogP contribution in [0.4, 0.5) is 0 Å². The second kappa shape index (κ2) is 5.08. The molecule has 1 unspecified atom stereocenters. The van der Waals surface area contributed by atoms with E-state index in [9.17, 15) is 9.90 Å². The molecule has 0 aromatic heterocycles. The second-order valence-electron chi connectivity index (χ2n) is 5.10. The van der Waals surface area contributed by atoms with Crippen LogP contribution in [-0.4, -0.2) is 41.7 Å². The normalized spacial score (nSPS) is 23.4. The molecule has 0 spiro atoms. The third kappa shape index (κ3) is 2.89. The van der Waals surface area contributed by atoms with Gasteiger partial charge in [-0.1, -0.05) is 12.1 Å². The maximum Gasteiger partial charge on any atom is 0.253 e. The van der Waals surface area contributed by atoms with E-state index in [2.05, 4.69) is 0 Å². The lowest BCUT2D eigenvalue weighted by molar-refractivity contribution is 0.0572. The number of likely N-dealkylation sites (tertiary alicyclic amines) is 1. The average Bonchev–Trinajstić information content (AvgIpc) is 2.70. The third-order valence-electron chi connectivity index (χ3n) is 3.25. The first-order valence-corrected chi connectivity index (χ1v) is 6.11. The molecule has 1 atom stereocenters. The van der Waals surface area contributed by atoms with E-state index >= 15 is 0 Å². The molecule has 1 aliphatic heterocycles. The van der Waals surface area contributed by atoms with Gasteiger partial charge in [0.2, 0.25) is 0 Å². The summed E-state index contributed by atoms with van der Waals surface area (Å²) >= 11 is 0. The van der Waals surface area contributed by atoms with Crippen LogP contribution in [0.2, 0.25) is 0 Å². The summed E-state index contributed by atoms with van der Waals surface area (Å²) in [5.74, 6) is -0.0169. The van der Waals surface area contributed by atoms with Crippen LogP contribution in [0.1, 0.15) is 29.3 Å². The molecule has 0 radical (unpaired) electrons. The fourth-order valence-corrected chi connectivity index (χ4v) is 2.21. The number of benzene rings is 1. The van der Waals surface area contributed by atoms with Gasteiger partial charge in [-0.3, -0.25) is 4.79 Å². The van der Waals surface area contributed by atoms with Gasteiger partial charge in [-0.25, -0.2) is 0 Å². The molecule has 1 amide bonds. The number of methoxy groups -OCH3 is 1. The van der Waals surface area contributed by atoms with Crippen molar-refractivity contribution < 1.29 is 14.6 Å². The summed E-state index contributed by atoms with van der Waals surface area (Å²) in [5.41, 5.74) is 0.959. The van der Waals surface area contributed by atoms with E-state index in [1.807, 2.05) is 24.3 Å². The molecule has 18 heavy (non-hydrogen) atoms. The van der Waals surface area contributed by atoms with Crippen LogP contribution in [-0.2, 0) is 11.3 Å². The van der Waals surface area contributed by atoms with E-state index < -0.39 is 5.60 Å². The van der Waals surface area contributed by atoms with Crippen molar-refractivity contribution in [1.29, 1.82) is 0 Å². The minimum absolute atomic E-state index is 0.0169. The van der Waals surface area contributed by atoms with E-state index in [0.29, 0.717) is 31.7 Å². The minimum atomic E-state index is -0.744. The van der Waals surface area contributed by atoms with Crippen molar-refractivity contribution >= 4 is 5.91 Å². The van der Waals surface area contributed by atoms with E-state index in [0.717, 1.165) is 5.56 Å². The molecule has 0 aliphatic carbocycles. The minimum Gasteiger partial charge on any atom is -0.388 e. The van der Waals surface area contributed by atoms with Crippen molar-refractivity contribution in [3.63, 3.8) is 0 Å². The van der Waals surface area contributed by atoms with Gasteiger partial charge in [0.25, 0.3) is 5.91 Å². The highest BCUT2D eigenvalue weighted by molar-refractivity contribution is 5.94. The number of nitrogens with zero attached hydrogens (tertiary/aromatic N) is 1. The van der Waals surface area contributed by atoms with Crippen LogP contribution in [0.5, 0.6) is 0 Å². The number of ether oxygens (including phenoxy) is 1. The molecule has 1 aromatic rings. The number of carbonyl (C=O) groups is 1. The van der Waals surface area contributed by atoms with Crippen molar-refractivity contribution in [2.75, 3.05) is 20.2 Å². The van der Waals surface area contributed by atoms with Gasteiger partial charge in [-0.15, -0.1) is 0 Å². The van der Waals surface area contributed by atoms with Gasteiger partial charge in [0.15, 0.2) is 0 Å². The molecule has 0 bridgehead atoms. The molecule has 4 heteroatoms. The molecule has 4 nitrogen and oxygen atoms in total. The fourth-order valence-electron chi connectivity index (χ4n) is 2.21. The third-order valence-corrected chi connectivity index (χ3v) is 3.25. The monoisotopic (exact) mass is 249 g/mol. The van der Waals surface area contributed by atoms with E-state index in [1.165, 1.54) is 0 Å². The average molecular weight is 249 g/mol. The molecular weight excluding hydrogens is 230 g/mol. The summed E-state index contributed by atoms with van der Waals surface area (Å²) in [6.45, 7) is 3.34. The lowest BCUT2D eigenvalue weighted by atomic mass is 10.1. The van der Waals surface area contributed by atoms with Gasteiger partial charge in [0.1, 0.15) is 0 Å². The fraction of sp³-hybridized carbons (Fsp3) is 0.500. The summed E-state index contributed by atoms with van der Waals surface area (Å²) in [5, 5.41) is 9.86. The highest BCUT2D eigenvalue weighted by atomic mass is 16.5.